The van der Waals surface area contributed by atoms with E-state index in [9.17, 15) is 9.59 Å². The smallest absolute Gasteiger partial charge is 0.340 e. The Morgan fingerprint density at radius 1 is 1.00 bits per heavy atom. The highest BCUT2D eigenvalue weighted by Crippen LogP contribution is 2.18. The first-order valence-electron chi connectivity index (χ1n) is 10.1. The van der Waals surface area contributed by atoms with Crippen LogP contribution in [0.1, 0.15) is 28.7 Å². The summed E-state index contributed by atoms with van der Waals surface area (Å²) in [5, 5.41) is 10.7. The standard InChI is InChI=1S/C24H22N4O4/c1-16(32-24(30)19-8-13-22-27-26-17(2)28(22)14-19)23(29)25-20-9-11-21(12-10-20)31-15-18-6-4-3-5-7-18/h3-14,16H,15H2,1-2H3,(H,25,29). The quantitative estimate of drug-likeness (QED) is 0.448. The van der Waals surface area contributed by atoms with E-state index in [-0.39, 0.29) is 0 Å². The summed E-state index contributed by atoms with van der Waals surface area (Å²) in [5.41, 5.74) is 2.58. The molecule has 0 aliphatic carbocycles. The maximum absolute atomic E-state index is 12.5. The van der Waals surface area contributed by atoms with Gasteiger partial charge in [0, 0.05) is 11.9 Å². The van der Waals surface area contributed by atoms with Crippen LogP contribution in [0.25, 0.3) is 5.65 Å². The van der Waals surface area contributed by atoms with Gasteiger partial charge in [0.25, 0.3) is 5.91 Å². The van der Waals surface area contributed by atoms with Gasteiger partial charge in [0.15, 0.2) is 11.8 Å². The molecule has 0 aliphatic heterocycles. The molecule has 0 bridgehead atoms. The number of rotatable bonds is 7. The number of nitrogens with one attached hydrogen (secondary N) is 1. The molecule has 1 unspecified atom stereocenters. The fraction of sp³-hybridized carbons (Fsp3) is 0.167. The van der Waals surface area contributed by atoms with Crippen molar-refractivity contribution in [1.29, 1.82) is 0 Å². The number of aryl methyl sites for hydroxylation is 1. The highest BCUT2D eigenvalue weighted by Gasteiger charge is 2.20. The van der Waals surface area contributed by atoms with Gasteiger partial charge in [-0.1, -0.05) is 30.3 Å². The van der Waals surface area contributed by atoms with E-state index < -0.39 is 18.0 Å². The molecule has 0 saturated carbocycles. The van der Waals surface area contributed by atoms with Gasteiger partial charge in [0.1, 0.15) is 18.2 Å². The van der Waals surface area contributed by atoms with E-state index in [1.165, 1.54) is 6.92 Å². The number of nitrogens with zero attached hydrogens (tertiary/aromatic N) is 3. The van der Waals surface area contributed by atoms with Gasteiger partial charge in [-0.3, -0.25) is 9.20 Å². The van der Waals surface area contributed by atoms with Crippen LogP contribution in [0.15, 0.2) is 72.9 Å². The third-order valence-electron chi connectivity index (χ3n) is 4.83. The second kappa shape index (κ2) is 9.30. The minimum atomic E-state index is -0.978. The number of esters is 1. The molecule has 0 aliphatic rings. The van der Waals surface area contributed by atoms with Gasteiger partial charge in [-0.25, -0.2) is 4.79 Å². The van der Waals surface area contributed by atoms with E-state index in [0.29, 0.717) is 35.1 Å². The lowest BCUT2D eigenvalue weighted by Crippen LogP contribution is -2.30. The molecule has 4 rings (SSSR count). The first-order valence-corrected chi connectivity index (χ1v) is 10.1. The molecule has 1 atom stereocenters. The first-order chi connectivity index (χ1) is 15.5. The van der Waals surface area contributed by atoms with Crippen molar-refractivity contribution in [2.45, 2.75) is 26.6 Å². The number of benzene rings is 2. The van der Waals surface area contributed by atoms with Crippen LogP contribution in [0.5, 0.6) is 5.75 Å². The van der Waals surface area contributed by atoms with Crippen LogP contribution in [0.3, 0.4) is 0 Å². The number of aromatic nitrogens is 3. The summed E-state index contributed by atoms with van der Waals surface area (Å²) in [6.07, 6.45) is 0.612. The normalized spacial score (nSPS) is 11.7. The van der Waals surface area contributed by atoms with E-state index >= 15 is 0 Å². The second-order valence-electron chi connectivity index (χ2n) is 7.23. The Bertz CT molecular complexity index is 1240. The first kappa shape index (κ1) is 21.0. The number of amides is 1. The zero-order valence-electron chi connectivity index (χ0n) is 17.7. The Labute approximate surface area is 184 Å². The lowest BCUT2D eigenvalue weighted by molar-refractivity contribution is -0.123. The number of hydrogen-bond acceptors (Lipinski definition) is 6. The molecule has 2 aromatic heterocycles. The lowest BCUT2D eigenvalue weighted by atomic mass is 10.2. The van der Waals surface area contributed by atoms with Crippen LogP contribution in [0.4, 0.5) is 5.69 Å². The topological polar surface area (TPSA) is 94.8 Å². The molecular formula is C24H22N4O4. The molecule has 2 aromatic carbocycles. The minimum absolute atomic E-state index is 0.306. The number of pyridine rings is 1. The number of hydrogen-bond donors (Lipinski definition) is 1. The SMILES string of the molecule is Cc1nnc2ccc(C(=O)OC(C)C(=O)Nc3ccc(OCc4ccccc4)cc3)cn12. The average molecular weight is 430 g/mol. The summed E-state index contributed by atoms with van der Waals surface area (Å²) >= 11 is 0. The van der Waals surface area contributed by atoms with Crippen molar-refractivity contribution < 1.29 is 19.1 Å². The number of anilines is 1. The van der Waals surface area contributed by atoms with Crippen LogP contribution in [-0.4, -0.2) is 32.6 Å². The van der Waals surface area contributed by atoms with Gasteiger partial charge < -0.3 is 14.8 Å². The molecule has 0 saturated heterocycles. The number of carbonyl (C=O) groups excluding carboxylic acids is 2. The van der Waals surface area contributed by atoms with Crippen LogP contribution in [0, 0.1) is 6.92 Å². The molecule has 0 spiro atoms. The van der Waals surface area contributed by atoms with Crippen LogP contribution < -0.4 is 10.1 Å². The molecule has 8 heteroatoms. The van der Waals surface area contributed by atoms with E-state index in [1.807, 2.05) is 30.3 Å². The maximum Gasteiger partial charge on any atom is 0.340 e. The third-order valence-corrected chi connectivity index (χ3v) is 4.83. The molecular weight excluding hydrogens is 408 g/mol. The molecule has 2 heterocycles. The fourth-order valence-electron chi connectivity index (χ4n) is 3.03. The fourth-order valence-corrected chi connectivity index (χ4v) is 3.03. The van der Waals surface area contributed by atoms with Gasteiger partial charge in [0.2, 0.25) is 0 Å². The van der Waals surface area contributed by atoms with Crippen molar-refractivity contribution in [3.8, 4) is 5.75 Å². The molecule has 1 N–H and O–H groups in total. The largest absolute Gasteiger partial charge is 0.489 e. The van der Waals surface area contributed by atoms with Gasteiger partial charge in [0.05, 0.1) is 5.56 Å². The summed E-state index contributed by atoms with van der Waals surface area (Å²) in [6, 6.07) is 20.1. The molecule has 0 fully saturated rings. The van der Waals surface area contributed by atoms with E-state index in [4.69, 9.17) is 9.47 Å². The van der Waals surface area contributed by atoms with E-state index in [2.05, 4.69) is 15.5 Å². The van der Waals surface area contributed by atoms with Crippen molar-refractivity contribution in [1.82, 2.24) is 14.6 Å². The predicted octanol–water partition coefficient (Wildman–Crippen LogP) is 3.80. The lowest BCUT2D eigenvalue weighted by Gasteiger charge is -2.14. The maximum atomic E-state index is 12.5. The highest BCUT2D eigenvalue weighted by molar-refractivity contribution is 5.97. The Hall–Kier alpha value is -4.20. The monoisotopic (exact) mass is 430 g/mol. The van der Waals surface area contributed by atoms with Crippen molar-refractivity contribution in [3.63, 3.8) is 0 Å². The summed E-state index contributed by atoms with van der Waals surface area (Å²) in [4.78, 5) is 24.9. The summed E-state index contributed by atoms with van der Waals surface area (Å²) in [6.45, 7) is 3.76. The Morgan fingerprint density at radius 3 is 2.50 bits per heavy atom. The molecule has 0 radical (unpaired) electrons. The Kier molecular flexibility index (Phi) is 6.12. The zero-order valence-corrected chi connectivity index (χ0v) is 17.7. The average Bonchev–Trinajstić information content (AvgIpc) is 3.19. The van der Waals surface area contributed by atoms with Crippen LogP contribution in [-0.2, 0) is 16.1 Å². The van der Waals surface area contributed by atoms with Gasteiger partial charge in [-0.15, -0.1) is 10.2 Å². The second-order valence-corrected chi connectivity index (χ2v) is 7.23. The highest BCUT2D eigenvalue weighted by atomic mass is 16.5. The third kappa shape index (κ3) is 4.92. The number of carbonyl (C=O) groups is 2. The summed E-state index contributed by atoms with van der Waals surface area (Å²) in [7, 11) is 0. The van der Waals surface area contributed by atoms with Gasteiger partial charge >= 0.3 is 5.97 Å². The number of ether oxygens (including phenoxy) is 2. The Balaban J connectivity index is 1.31. The van der Waals surface area contributed by atoms with Gasteiger partial charge in [-0.2, -0.15) is 0 Å². The summed E-state index contributed by atoms with van der Waals surface area (Å²) in [5.74, 6) is 0.299. The van der Waals surface area contributed by atoms with Crippen molar-refractivity contribution in [2.75, 3.05) is 5.32 Å². The molecule has 8 nitrogen and oxygen atoms in total. The Morgan fingerprint density at radius 2 is 1.75 bits per heavy atom. The van der Waals surface area contributed by atoms with Crippen molar-refractivity contribution in [2.24, 2.45) is 0 Å². The zero-order chi connectivity index (χ0) is 22.5. The van der Waals surface area contributed by atoms with Crippen LogP contribution >= 0.6 is 0 Å². The predicted molar refractivity (Wildman–Crippen MR) is 118 cm³/mol. The van der Waals surface area contributed by atoms with Gasteiger partial charge in [-0.05, 0) is 55.8 Å². The van der Waals surface area contributed by atoms with E-state index in [0.717, 1.165) is 5.56 Å². The minimum Gasteiger partial charge on any atom is -0.489 e. The molecule has 1 amide bonds. The molecule has 32 heavy (non-hydrogen) atoms. The van der Waals surface area contributed by atoms with Crippen LogP contribution in [0.2, 0.25) is 0 Å². The molecule has 4 aromatic rings. The summed E-state index contributed by atoms with van der Waals surface area (Å²) < 4.78 is 12.7. The number of fused-ring (bicyclic) bond motifs is 1. The van der Waals surface area contributed by atoms with Crippen molar-refractivity contribution in [3.05, 3.63) is 89.9 Å². The molecule has 162 valence electrons. The van der Waals surface area contributed by atoms with Crippen molar-refractivity contribution >= 4 is 23.2 Å². The van der Waals surface area contributed by atoms with E-state index in [1.54, 1.807) is 53.9 Å².